The molecular formula is C12H17ClFNO. The molecule has 0 saturated heterocycles. The second-order valence-electron chi connectivity index (χ2n) is 4.98. The van der Waals surface area contributed by atoms with E-state index in [4.69, 9.17) is 17.3 Å². The number of halogens is 2. The van der Waals surface area contributed by atoms with E-state index in [0.29, 0.717) is 0 Å². The third-order valence-electron chi connectivity index (χ3n) is 2.57. The Balaban J connectivity index is 3.06. The van der Waals surface area contributed by atoms with E-state index in [9.17, 15) is 9.50 Å². The largest absolute Gasteiger partial charge is 0.391 e. The van der Waals surface area contributed by atoms with Crippen LogP contribution in [0.3, 0.4) is 0 Å². The van der Waals surface area contributed by atoms with Crippen LogP contribution in [0.15, 0.2) is 18.2 Å². The number of aliphatic hydroxyl groups excluding tert-OH is 1. The molecule has 0 spiro atoms. The molecule has 0 aliphatic heterocycles. The van der Waals surface area contributed by atoms with Crippen molar-refractivity contribution in [2.45, 2.75) is 32.9 Å². The minimum absolute atomic E-state index is 0.0223. The number of benzene rings is 1. The van der Waals surface area contributed by atoms with Gasteiger partial charge in [0.2, 0.25) is 0 Å². The summed E-state index contributed by atoms with van der Waals surface area (Å²) in [6.45, 7) is 5.54. The molecule has 0 aromatic heterocycles. The van der Waals surface area contributed by atoms with Gasteiger partial charge in [0.05, 0.1) is 17.2 Å². The van der Waals surface area contributed by atoms with Crippen LogP contribution in [-0.2, 0) is 0 Å². The van der Waals surface area contributed by atoms with Crippen LogP contribution in [0.25, 0.3) is 0 Å². The Morgan fingerprint density at radius 2 is 1.94 bits per heavy atom. The highest BCUT2D eigenvalue weighted by molar-refractivity contribution is 6.30. The molecular weight excluding hydrogens is 229 g/mol. The van der Waals surface area contributed by atoms with Crippen molar-refractivity contribution in [2.24, 2.45) is 11.1 Å². The molecule has 0 aliphatic rings. The lowest BCUT2D eigenvalue weighted by Crippen LogP contribution is -2.37. The number of hydrogen-bond donors (Lipinski definition) is 2. The van der Waals surface area contributed by atoms with Crippen LogP contribution < -0.4 is 5.73 Å². The standard InChI is InChI=1S/C12H17ClFNO/c1-12(2,3)11(16)10(15)7-5-4-6-8(13)9(7)14/h4-6,10-11,16H,15H2,1-3H3/t10-,11-/m0/s1. The van der Waals surface area contributed by atoms with Gasteiger partial charge in [-0.3, -0.25) is 0 Å². The number of rotatable bonds is 2. The summed E-state index contributed by atoms with van der Waals surface area (Å²) in [7, 11) is 0. The second kappa shape index (κ2) is 4.70. The highest BCUT2D eigenvalue weighted by Gasteiger charge is 2.30. The van der Waals surface area contributed by atoms with E-state index in [1.807, 2.05) is 20.8 Å². The first-order chi connectivity index (χ1) is 7.25. The van der Waals surface area contributed by atoms with Crippen molar-refractivity contribution in [3.05, 3.63) is 34.6 Å². The molecule has 2 nitrogen and oxygen atoms in total. The normalized spacial score (nSPS) is 15.9. The summed E-state index contributed by atoms with van der Waals surface area (Å²) in [6.07, 6.45) is -0.833. The fraction of sp³-hybridized carbons (Fsp3) is 0.500. The summed E-state index contributed by atoms with van der Waals surface area (Å²) in [6, 6.07) is 3.84. The summed E-state index contributed by atoms with van der Waals surface area (Å²) in [5.41, 5.74) is 5.68. The molecule has 1 aromatic carbocycles. The average molecular weight is 246 g/mol. The van der Waals surface area contributed by atoms with Gasteiger partial charge in [0.15, 0.2) is 0 Å². The molecule has 0 unspecified atom stereocenters. The molecule has 0 saturated carbocycles. The molecule has 0 aliphatic carbocycles. The van der Waals surface area contributed by atoms with E-state index < -0.39 is 23.4 Å². The Morgan fingerprint density at radius 1 is 1.38 bits per heavy atom. The summed E-state index contributed by atoms with van der Waals surface area (Å²) in [5.74, 6) is -0.556. The molecule has 2 atom stereocenters. The van der Waals surface area contributed by atoms with Gasteiger partial charge in [-0.1, -0.05) is 44.5 Å². The number of hydrogen-bond acceptors (Lipinski definition) is 2. The van der Waals surface area contributed by atoms with Gasteiger partial charge in [0.1, 0.15) is 5.82 Å². The first-order valence-electron chi connectivity index (χ1n) is 5.12. The average Bonchev–Trinajstić information content (AvgIpc) is 2.18. The van der Waals surface area contributed by atoms with Crippen LogP contribution in [0.5, 0.6) is 0 Å². The fourth-order valence-electron chi connectivity index (χ4n) is 1.49. The molecule has 0 amide bonds. The maximum Gasteiger partial charge on any atom is 0.146 e. The third kappa shape index (κ3) is 2.73. The number of aliphatic hydroxyl groups is 1. The van der Waals surface area contributed by atoms with E-state index >= 15 is 0 Å². The lowest BCUT2D eigenvalue weighted by Gasteiger charge is -2.31. The predicted octanol–water partition coefficient (Wildman–Crippen LogP) is 2.89. The van der Waals surface area contributed by atoms with Crippen LogP contribution >= 0.6 is 11.6 Å². The number of nitrogens with two attached hydrogens (primary N) is 1. The van der Waals surface area contributed by atoms with Gasteiger partial charge in [0.25, 0.3) is 0 Å². The van der Waals surface area contributed by atoms with Crippen LogP contribution in [0.2, 0.25) is 5.02 Å². The minimum Gasteiger partial charge on any atom is -0.391 e. The molecule has 0 fully saturated rings. The summed E-state index contributed by atoms with van der Waals surface area (Å²) >= 11 is 5.66. The maximum absolute atomic E-state index is 13.7. The highest BCUT2D eigenvalue weighted by Crippen LogP contribution is 2.31. The molecule has 0 radical (unpaired) electrons. The van der Waals surface area contributed by atoms with Crippen molar-refractivity contribution in [3.63, 3.8) is 0 Å². The summed E-state index contributed by atoms with van der Waals surface area (Å²) in [4.78, 5) is 0. The molecule has 1 rings (SSSR count). The topological polar surface area (TPSA) is 46.2 Å². The second-order valence-corrected chi connectivity index (χ2v) is 5.39. The van der Waals surface area contributed by atoms with Crippen LogP contribution in [-0.4, -0.2) is 11.2 Å². The van der Waals surface area contributed by atoms with Crippen molar-refractivity contribution < 1.29 is 9.50 Å². The van der Waals surface area contributed by atoms with E-state index in [2.05, 4.69) is 0 Å². The SMILES string of the molecule is CC(C)(C)[C@@H](O)[C@@H](N)c1cccc(Cl)c1F. The summed E-state index contributed by atoms with van der Waals surface area (Å²) < 4.78 is 13.7. The molecule has 16 heavy (non-hydrogen) atoms. The molecule has 1 aromatic rings. The van der Waals surface area contributed by atoms with Crippen LogP contribution in [0.4, 0.5) is 4.39 Å². The van der Waals surface area contributed by atoms with Gasteiger partial charge < -0.3 is 10.8 Å². The zero-order chi connectivity index (χ0) is 12.5. The van der Waals surface area contributed by atoms with Gasteiger partial charge in [0, 0.05) is 5.56 Å². The molecule has 0 heterocycles. The molecule has 4 heteroatoms. The Bertz CT molecular complexity index is 376. The van der Waals surface area contributed by atoms with E-state index in [1.54, 1.807) is 12.1 Å². The van der Waals surface area contributed by atoms with Crippen LogP contribution in [0, 0.1) is 11.2 Å². The maximum atomic E-state index is 13.7. The highest BCUT2D eigenvalue weighted by atomic mass is 35.5. The Labute approximate surface area is 100 Å². The zero-order valence-electron chi connectivity index (χ0n) is 9.67. The van der Waals surface area contributed by atoms with Gasteiger partial charge in [-0.15, -0.1) is 0 Å². The van der Waals surface area contributed by atoms with Crippen molar-refractivity contribution in [3.8, 4) is 0 Å². The van der Waals surface area contributed by atoms with E-state index in [1.165, 1.54) is 6.07 Å². The third-order valence-corrected chi connectivity index (χ3v) is 2.86. The Hall–Kier alpha value is -0.640. The smallest absolute Gasteiger partial charge is 0.146 e. The Kier molecular flexibility index (Phi) is 3.94. The van der Waals surface area contributed by atoms with Gasteiger partial charge in [-0.2, -0.15) is 0 Å². The molecule has 0 bridgehead atoms. The Morgan fingerprint density at radius 3 is 2.44 bits per heavy atom. The van der Waals surface area contributed by atoms with E-state index in [-0.39, 0.29) is 10.6 Å². The monoisotopic (exact) mass is 245 g/mol. The fourth-order valence-corrected chi connectivity index (χ4v) is 1.67. The quantitative estimate of drug-likeness (QED) is 0.842. The minimum atomic E-state index is -0.833. The summed E-state index contributed by atoms with van der Waals surface area (Å²) in [5, 5.41) is 10.0. The lowest BCUT2D eigenvalue weighted by molar-refractivity contribution is 0.0391. The lowest BCUT2D eigenvalue weighted by atomic mass is 9.82. The van der Waals surface area contributed by atoms with Crippen molar-refractivity contribution in [1.82, 2.24) is 0 Å². The van der Waals surface area contributed by atoms with Crippen molar-refractivity contribution in [2.75, 3.05) is 0 Å². The van der Waals surface area contributed by atoms with Gasteiger partial charge >= 0.3 is 0 Å². The van der Waals surface area contributed by atoms with Crippen molar-refractivity contribution >= 4 is 11.6 Å². The van der Waals surface area contributed by atoms with E-state index in [0.717, 1.165) is 0 Å². The van der Waals surface area contributed by atoms with Crippen molar-refractivity contribution in [1.29, 1.82) is 0 Å². The van der Waals surface area contributed by atoms with Gasteiger partial charge in [-0.25, -0.2) is 4.39 Å². The van der Waals surface area contributed by atoms with Crippen LogP contribution in [0.1, 0.15) is 32.4 Å². The first kappa shape index (κ1) is 13.4. The predicted molar refractivity (Wildman–Crippen MR) is 63.8 cm³/mol. The zero-order valence-corrected chi connectivity index (χ0v) is 10.4. The molecule has 90 valence electrons. The van der Waals surface area contributed by atoms with Gasteiger partial charge in [-0.05, 0) is 11.5 Å². The molecule has 3 N–H and O–H groups in total. The first-order valence-corrected chi connectivity index (χ1v) is 5.50.